The molecule has 0 saturated carbocycles. The molecule has 0 aliphatic heterocycles. The fourth-order valence-electron chi connectivity index (χ4n) is 1.84. The van der Waals surface area contributed by atoms with Crippen LogP contribution in [-0.2, 0) is 9.53 Å². The van der Waals surface area contributed by atoms with Gasteiger partial charge >= 0.3 is 0 Å². The number of hydrogen-bond donors (Lipinski definition) is 0. The Morgan fingerprint density at radius 2 is 1.47 bits per heavy atom. The number of ether oxygens (including phenoxy) is 1. The number of carbonyl (C=O) groups is 1. The molecule has 0 fully saturated rings. The molecule has 0 heterocycles. The van der Waals surface area contributed by atoms with Crippen molar-refractivity contribution in [2.75, 3.05) is 6.61 Å². The van der Waals surface area contributed by atoms with Crippen LogP contribution < -0.4 is 0 Å². The van der Waals surface area contributed by atoms with Gasteiger partial charge in [-0.05, 0) is 17.0 Å². The van der Waals surface area contributed by atoms with Crippen molar-refractivity contribution in [3.05, 3.63) is 71.8 Å². The van der Waals surface area contributed by atoms with Crippen molar-refractivity contribution in [2.24, 2.45) is 0 Å². The van der Waals surface area contributed by atoms with E-state index in [9.17, 15) is 4.79 Å². The van der Waals surface area contributed by atoms with E-state index in [2.05, 4.69) is 5.92 Å². The van der Waals surface area contributed by atoms with Crippen LogP contribution in [0.5, 0.6) is 0 Å². The number of benzene rings is 2. The summed E-state index contributed by atoms with van der Waals surface area (Å²) in [4.78, 5) is 11.2. The summed E-state index contributed by atoms with van der Waals surface area (Å²) in [5.74, 6) is 1.71. The maximum absolute atomic E-state index is 11.2. The normalized spacial score (nSPS) is 10.1. The first-order valence-electron chi connectivity index (χ1n) is 6.02. The van der Waals surface area contributed by atoms with Gasteiger partial charge in [-0.3, -0.25) is 4.79 Å². The molecule has 0 unspecified atom stereocenters. The highest BCUT2D eigenvalue weighted by Gasteiger charge is 2.15. The highest BCUT2D eigenvalue weighted by Crippen LogP contribution is 2.25. The van der Waals surface area contributed by atoms with E-state index in [1.807, 2.05) is 60.7 Å². The molecule has 0 atom stereocenters. The zero-order valence-electron chi connectivity index (χ0n) is 10.5. The van der Waals surface area contributed by atoms with Gasteiger partial charge < -0.3 is 4.74 Å². The highest BCUT2D eigenvalue weighted by atomic mass is 16.5. The lowest BCUT2D eigenvalue weighted by molar-refractivity contribution is -0.119. The topological polar surface area (TPSA) is 26.3 Å². The Morgan fingerprint density at radius 1 is 1.00 bits per heavy atom. The molecule has 2 aromatic carbocycles. The van der Waals surface area contributed by atoms with E-state index in [0.717, 1.165) is 11.1 Å². The second kappa shape index (κ2) is 6.53. The molecular weight excluding hydrogens is 236 g/mol. The molecule has 2 nitrogen and oxygen atoms in total. The van der Waals surface area contributed by atoms with Crippen molar-refractivity contribution in [1.29, 1.82) is 0 Å². The van der Waals surface area contributed by atoms with Crippen molar-refractivity contribution < 1.29 is 9.53 Å². The van der Waals surface area contributed by atoms with Crippen LogP contribution in [0.1, 0.15) is 17.2 Å². The molecule has 0 aliphatic carbocycles. The van der Waals surface area contributed by atoms with Gasteiger partial charge in [-0.15, -0.1) is 6.42 Å². The number of Topliss-reactive ketones (excluding diaryl/α,β-unsaturated/α-hetero) is 1. The first-order valence-corrected chi connectivity index (χ1v) is 6.02. The molecule has 2 aromatic rings. The molecular formula is C17H14O2. The second-order valence-corrected chi connectivity index (χ2v) is 4.08. The zero-order chi connectivity index (χ0) is 13.5. The van der Waals surface area contributed by atoms with Crippen LogP contribution in [0.4, 0.5) is 0 Å². The number of carbonyl (C=O) groups excluding carboxylic acids is 1. The fraction of sp³-hybridized carbons (Fsp3) is 0.118. The van der Waals surface area contributed by atoms with Crippen LogP contribution in [0, 0.1) is 12.3 Å². The van der Waals surface area contributed by atoms with Crippen LogP contribution in [0.15, 0.2) is 60.7 Å². The van der Waals surface area contributed by atoms with E-state index >= 15 is 0 Å². The first-order chi connectivity index (χ1) is 9.31. The predicted molar refractivity (Wildman–Crippen MR) is 74.5 cm³/mol. The number of hydrogen-bond acceptors (Lipinski definition) is 2. The van der Waals surface area contributed by atoms with Gasteiger partial charge in [0.1, 0.15) is 12.7 Å². The van der Waals surface area contributed by atoms with Crippen LogP contribution in [0.3, 0.4) is 0 Å². The maximum Gasteiger partial charge on any atom is 0.230 e. The maximum atomic E-state index is 11.2. The molecule has 0 bridgehead atoms. The SMILES string of the molecule is C#CC(=O)COC(c1ccccc1)c1ccccc1. The van der Waals surface area contributed by atoms with Gasteiger partial charge in [0.25, 0.3) is 0 Å². The molecule has 0 amide bonds. The molecule has 2 heteroatoms. The lowest BCUT2D eigenvalue weighted by atomic mass is 10.0. The smallest absolute Gasteiger partial charge is 0.230 e. The van der Waals surface area contributed by atoms with E-state index in [1.165, 1.54) is 0 Å². The largest absolute Gasteiger partial charge is 0.360 e. The Balaban J connectivity index is 2.24. The minimum atomic E-state index is -0.350. The molecule has 2 rings (SSSR count). The Kier molecular flexibility index (Phi) is 4.49. The van der Waals surface area contributed by atoms with E-state index in [0.29, 0.717) is 0 Å². The number of rotatable bonds is 5. The van der Waals surface area contributed by atoms with Crippen molar-refractivity contribution in [1.82, 2.24) is 0 Å². The van der Waals surface area contributed by atoms with Crippen LogP contribution in [-0.4, -0.2) is 12.4 Å². The minimum absolute atomic E-state index is 0.0784. The summed E-state index contributed by atoms with van der Waals surface area (Å²) >= 11 is 0. The quantitative estimate of drug-likeness (QED) is 0.602. The molecule has 0 radical (unpaired) electrons. The van der Waals surface area contributed by atoms with Crippen molar-refractivity contribution in [2.45, 2.75) is 6.10 Å². The molecule has 94 valence electrons. The fourth-order valence-corrected chi connectivity index (χ4v) is 1.84. The van der Waals surface area contributed by atoms with Gasteiger partial charge in [0.05, 0.1) is 0 Å². The average molecular weight is 250 g/mol. The van der Waals surface area contributed by atoms with Gasteiger partial charge in [0.2, 0.25) is 5.78 Å². The van der Waals surface area contributed by atoms with Gasteiger partial charge in [-0.1, -0.05) is 60.7 Å². The van der Waals surface area contributed by atoms with Crippen molar-refractivity contribution >= 4 is 5.78 Å². The van der Waals surface area contributed by atoms with E-state index in [4.69, 9.17) is 11.2 Å². The lowest BCUT2D eigenvalue weighted by Crippen LogP contribution is -2.12. The third-order valence-electron chi connectivity index (χ3n) is 2.75. The Labute approximate surface area is 113 Å². The van der Waals surface area contributed by atoms with Crippen LogP contribution >= 0.6 is 0 Å². The highest BCUT2D eigenvalue weighted by molar-refractivity contribution is 5.95. The summed E-state index contributed by atoms with van der Waals surface area (Å²) in [7, 11) is 0. The summed E-state index contributed by atoms with van der Waals surface area (Å²) in [6, 6.07) is 19.5. The minimum Gasteiger partial charge on any atom is -0.360 e. The molecule has 0 spiro atoms. The summed E-state index contributed by atoms with van der Waals surface area (Å²) in [6.45, 7) is -0.0784. The van der Waals surface area contributed by atoms with Crippen molar-refractivity contribution in [3.8, 4) is 12.3 Å². The Morgan fingerprint density at radius 3 is 1.89 bits per heavy atom. The van der Waals surface area contributed by atoms with E-state index in [1.54, 1.807) is 0 Å². The molecule has 19 heavy (non-hydrogen) atoms. The van der Waals surface area contributed by atoms with Crippen LogP contribution in [0.25, 0.3) is 0 Å². The summed E-state index contributed by atoms with van der Waals surface area (Å²) in [6.07, 6.45) is 4.78. The lowest BCUT2D eigenvalue weighted by Gasteiger charge is -2.18. The van der Waals surface area contributed by atoms with Gasteiger partial charge in [0, 0.05) is 0 Å². The zero-order valence-corrected chi connectivity index (χ0v) is 10.5. The predicted octanol–water partition coefficient (Wildman–Crippen LogP) is 2.99. The average Bonchev–Trinajstić information content (AvgIpc) is 2.49. The number of ketones is 1. The summed E-state index contributed by atoms with van der Waals surface area (Å²) in [5, 5.41) is 0. The number of terminal acetylenes is 1. The van der Waals surface area contributed by atoms with Gasteiger partial charge in [-0.2, -0.15) is 0 Å². The molecule has 0 aromatic heterocycles. The molecule has 0 aliphatic rings. The molecule has 0 N–H and O–H groups in total. The van der Waals surface area contributed by atoms with Gasteiger partial charge in [0.15, 0.2) is 0 Å². The Bertz CT molecular complexity index is 528. The van der Waals surface area contributed by atoms with Gasteiger partial charge in [-0.25, -0.2) is 0 Å². The summed E-state index contributed by atoms with van der Waals surface area (Å²) < 4.78 is 5.67. The first kappa shape index (κ1) is 13.1. The van der Waals surface area contributed by atoms with Crippen LogP contribution in [0.2, 0.25) is 0 Å². The van der Waals surface area contributed by atoms with E-state index in [-0.39, 0.29) is 18.5 Å². The Hall–Kier alpha value is -2.37. The van der Waals surface area contributed by atoms with Crippen molar-refractivity contribution in [3.63, 3.8) is 0 Å². The molecule has 0 saturated heterocycles. The monoisotopic (exact) mass is 250 g/mol. The van der Waals surface area contributed by atoms with E-state index < -0.39 is 0 Å². The third kappa shape index (κ3) is 3.54. The third-order valence-corrected chi connectivity index (χ3v) is 2.75. The summed E-state index contributed by atoms with van der Waals surface area (Å²) in [5.41, 5.74) is 2.00. The second-order valence-electron chi connectivity index (χ2n) is 4.08. The standard InChI is InChI=1S/C17H14O2/c1-2-16(18)13-19-17(14-9-5-3-6-10-14)15-11-7-4-8-12-15/h1,3-12,17H,13H2.